The summed E-state index contributed by atoms with van der Waals surface area (Å²) in [7, 11) is 1.65. The number of aliphatic hydroxyl groups excluding tert-OH is 1. The van der Waals surface area contributed by atoms with E-state index in [4.69, 9.17) is 4.74 Å². The Balaban J connectivity index is 2.16. The van der Waals surface area contributed by atoms with Gasteiger partial charge in [0.1, 0.15) is 5.75 Å². The zero-order chi connectivity index (χ0) is 12.3. The van der Waals surface area contributed by atoms with Gasteiger partial charge in [0.25, 0.3) is 0 Å². The van der Waals surface area contributed by atoms with Crippen molar-refractivity contribution in [3.05, 3.63) is 47.8 Å². The van der Waals surface area contributed by atoms with Crippen LogP contribution >= 0.6 is 0 Å². The average molecular weight is 232 g/mol. The fraction of sp³-hybridized carbons (Fsp3) is 0.308. The third kappa shape index (κ3) is 2.65. The molecule has 1 unspecified atom stereocenters. The SMILES string of the molecule is COc1ccc(Cn2nccc2C(C)O)cc1. The fourth-order valence-corrected chi connectivity index (χ4v) is 1.73. The minimum absolute atomic E-state index is 0.504. The smallest absolute Gasteiger partial charge is 0.118 e. The largest absolute Gasteiger partial charge is 0.497 e. The quantitative estimate of drug-likeness (QED) is 0.877. The number of ether oxygens (including phenoxy) is 1. The number of methoxy groups -OCH3 is 1. The topological polar surface area (TPSA) is 47.3 Å². The van der Waals surface area contributed by atoms with E-state index in [1.54, 1.807) is 24.9 Å². The summed E-state index contributed by atoms with van der Waals surface area (Å²) in [6.45, 7) is 2.39. The van der Waals surface area contributed by atoms with Gasteiger partial charge in [-0.15, -0.1) is 0 Å². The summed E-state index contributed by atoms with van der Waals surface area (Å²) >= 11 is 0. The lowest BCUT2D eigenvalue weighted by Gasteiger charge is -2.10. The molecule has 0 aliphatic rings. The number of hydrogen-bond acceptors (Lipinski definition) is 3. The number of nitrogens with zero attached hydrogens (tertiary/aromatic N) is 2. The molecule has 1 aromatic carbocycles. The molecule has 1 N–H and O–H groups in total. The highest BCUT2D eigenvalue weighted by Crippen LogP contribution is 2.15. The number of benzene rings is 1. The Morgan fingerprint density at radius 3 is 2.59 bits per heavy atom. The van der Waals surface area contributed by atoms with Crippen LogP contribution in [-0.2, 0) is 6.54 Å². The second kappa shape index (κ2) is 5.01. The molecule has 0 amide bonds. The Bertz CT molecular complexity index is 474. The molecule has 0 radical (unpaired) electrons. The normalized spacial score (nSPS) is 12.4. The summed E-state index contributed by atoms with van der Waals surface area (Å²) < 4.78 is 6.90. The summed E-state index contributed by atoms with van der Waals surface area (Å²) in [4.78, 5) is 0. The van der Waals surface area contributed by atoms with E-state index >= 15 is 0 Å². The summed E-state index contributed by atoms with van der Waals surface area (Å²) in [5.41, 5.74) is 1.94. The molecule has 1 aromatic heterocycles. The van der Waals surface area contributed by atoms with Gasteiger partial charge in [0.15, 0.2) is 0 Å². The average Bonchev–Trinajstić information content (AvgIpc) is 2.78. The monoisotopic (exact) mass is 232 g/mol. The van der Waals surface area contributed by atoms with E-state index in [0.717, 1.165) is 17.0 Å². The molecule has 0 bridgehead atoms. The van der Waals surface area contributed by atoms with Gasteiger partial charge in [-0.2, -0.15) is 5.10 Å². The van der Waals surface area contributed by atoms with Gasteiger partial charge in [0, 0.05) is 6.20 Å². The Morgan fingerprint density at radius 1 is 1.29 bits per heavy atom. The van der Waals surface area contributed by atoms with E-state index < -0.39 is 6.10 Å². The van der Waals surface area contributed by atoms with Gasteiger partial charge in [-0.3, -0.25) is 4.68 Å². The lowest BCUT2D eigenvalue weighted by molar-refractivity contribution is 0.188. The molecule has 1 atom stereocenters. The van der Waals surface area contributed by atoms with Crippen LogP contribution < -0.4 is 4.74 Å². The molecule has 4 nitrogen and oxygen atoms in total. The first-order valence-electron chi connectivity index (χ1n) is 5.53. The van der Waals surface area contributed by atoms with Crippen LogP contribution in [0.5, 0.6) is 5.75 Å². The van der Waals surface area contributed by atoms with Crippen LogP contribution in [0.1, 0.15) is 24.3 Å². The molecule has 0 aliphatic heterocycles. The van der Waals surface area contributed by atoms with Crippen LogP contribution in [0, 0.1) is 0 Å². The van der Waals surface area contributed by atoms with Gasteiger partial charge in [0.05, 0.1) is 25.5 Å². The van der Waals surface area contributed by atoms with Crippen molar-refractivity contribution in [3.8, 4) is 5.75 Å². The van der Waals surface area contributed by atoms with Crippen LogP contribution in [0.3, 0.4) is 0 Å². The van der Waals surface area contributed by atoms with E-state index in [1.807, 2.05) is 30.3 Å². The Hall–Kier alpha value is -1.81. The highest BCUT2D eigenvalue weighted by atomic mass is 16.5. The van der Waals surface area contributed by atoms with E-state index in [0.29, 0.717) is 6.54 Å². The van der Waals surface area contributed by atoms with Crippen molar-refractivity contribution in [3.63, 3.8) is 0 Å². The van der Waals surface area contributed by atoms with E-state index in [2.05, 4.69) is 5.10 Å². The first-order valence-corrected chi connectivity index (χ1v) is 5.53. The highest BCUT2D eigenvalue weighted by Gasteiger charge is 2.08. The van der Waals surface area contributed by atoms with Crippen molar-refractivity contribution in [2.24, 2.45) is 0 Å². The first kappa shape index (κ1) is 11.7. The Kier molecular flexibility index (Phi) is 3.44. The molecular weight excluding hydrogens is 216 g/mol. The van der Waals surface area contributed by atoms with Gasteiger partial charge in [-0.25, -0.2) is 0 Å². The number of aliphatic hydroxyl groups is 1. The van der Waals surface area contributed by atoms with Gasteiger partial charge < -0.3 is 9.84 Å². The molecule has 90 valence electrons. The first-order chi connectivity index (χ1) is 8.20. The van der Waals surface area contributed by atoms with E-state index in [-0.39, 0.29) is 0 Å². The zero-order valence-electron chi connectivity index (χ0n) is 10.00. The molecular formula is C13H16N2O2. The molecule has 0 aliphatic carbocycles. The minimum Gasteiger partial charge on any atom is -0.497 e. The molecule has 17 heavy (non-hydrogen) atoms. The molecule has 0 saturated heterocycles. The lowest BCUT2D eigenvalue weighted by atomic mass is 10.2. The third-order valence-electron chi connectivity index (χ3n) is 2.67. The van der Waals surface area contributed by atoms with Crippen LogP contribution in [0.15, 0.2) is 36.5 Å². The maximum atomic E-state index is 9.57. The number of aromatic nitrogens is 2. The van der Waals surface area contributed by atoms with E-state index in [1.165, 1.54) is 0 Å². The van der Waals surface area contributed by atoms with Crippen molar-refractivity contribution in [1.82, 2.24) is 9.78 Å². The second-order valence-corrected chi connectivity index (χ2v) is 3.94. The standard InChI is InChI=1S/C13H16N2O2/c1-10(16)13-7-8-14-15(13)9-11-3-5-12(17-2)6-4-11/h3-8,10,16H,9H2,1-2H3. The van der Waals surface area contributed by atoms with Crippen molar-refractivity contribution in [1.29, 1.82) is 0 Å². The van der Waals surface area contributed by atoms with Crippen molar-refractivity contribution >= 4 is 0 Å². The summed E-state index contributed by atoms with van der Waals surface area (Å²) in [5.74, 6) is 0.838. The predicted molar refractivity (Wildman–Crippen MR) is 65.0 cm³/mol. The second-order valence-electron chi connectivity index (χ2n) is 3.94. The Labute approximate surface area is 100 Å². The van der Waals surface area contributed by atoms with Crippen molar-refractivity contribution in [2.75, 3.05) is 7.11 Å². The maximum absolute atomic E-state index is 9.57. The van der Waals surface area contributed by atoms with Gasteiger partial charge in [0.2, 0.25) is 0 Å². The van der Waals surface area contributed by atoms with Crippen LogP contribution in [0.4, 0.5) is 0 Å². The van der Waals surface area contributed by atoms with E-state index in [9.17, 15) is 5.11 Å². The molecule has 0 saturated carbocycles. The van der Waals surface area contributed by atoms with Crippen LogP contribution in [0.25, 0.3) is 0 Å². The Morgan fingerprint density at radius 2 is 2.00 bits per heavy atom. The third-order valence-corrected chi connectivity index (χ3v) is 2.67. The van der Waals surface area contributed by atoms with Gasteiger partial charge in [-0.1, -0.05) is 12.1 Å². The predicted octanol–water partition coefficient (Wildman–Crippen LogP) is 1.99. The fourth-order valence-electron chi connectivity index (χ4n) is 1.73. The highest BCUT2D eigenvalue weighted by molar-refractivity contribution is 5.27. The van der Waals surface area contributed by atoms with Gasteiger partial charge >= 0.3 is 0 Å². The molecule has 0 spiro atoms. The molecule has 2 aromatic rings. The van der Waals surface area contributed by atoms with Crippen molar-refractivity contribution < 1.29 is 9.84 Å². The van der Waals surface area contributed by atoms with Crippen LogP contribution in [-0.4, -0.2) is 22.0 Å². The maximum Gasteiger partial charge on any atom is 0.118 e. The summed E-state index contributed by atoms with van der Waals surface area (Å²) in [6, 6.07) is 9.65. The molecule has 1 heterocycles. The number of hydrogen-bond donors (Lipinski definition) is 1. The summed E-state index contributed by atoms with van der Waals surface area (Å²) in [5, 5.41) is 13.8. The zero-order valence-corrected chi connectivity index (χ0v) is 10.00. The number of rotatable bonds is 4. The molecule has 4 heteroatoms. The van der Waals surface area contributed by atoms with Gasteiger partial charge in [-0.05, 0) is 30.7 Å². The molecule has 0 fully saturated rings. The lowest BCUT2D eigenvalue weighted by Crippen LogP contribution is -2.08. The van der Waals surface area contributed by atoms with Crippen LogP contribution in [0.2, 0.25) is 0 Å². The molecule has 2 rings (SSSR count). The summed E-state index contributed by atoms with van der Waals surface area (Å²) in [6.07, 6.45) is 1.20. The van der Waals surface area contributed by atoms with Crippen molar-refractivity contribution in [2.45, 2.75) is 19.6 Å². The minimum atomic E-state index is -0.504.